The van der Waals surface area contributed by atoms with Gasteiger partial charge in [0, 0.05) is 0 Å². The minimum absolute atomic E-state index is 1.13. The van der Waals surface area contributed by atoms with Crippen molar-refractivity contribution >= 4 is 0 Å². The van der Waals surface area contributed by atoms with Crippen molar-refractivity contribution in [1.29, 1.82) is 0 Å². The zero-order valence-electron chi connectivity index (χ0n) is 11.8. The van der Waals surface area contributed by atoms with Crippen LogP contribution in [-0.4, -0.2) is 7.05 Å². The number of rotatable bonds is 3. The van der Waals surface area contributed by atoms with Crippen molar-refractivity contribution in [2.75, 3.05) is 7.05 Å². The lowest BCUT2D eigenvalue weighted by molar-refractivity contribution is 0.960. The van der Waals surface area contributed by atoms with E-state index >= 15 is 0 Å². The second-order valence-corrected chi connectivity index (χ2v) is 3.47. The van der Waals surface area contributed by atoms with Gasteiger partial charge in [-0.1, -0.05) is 74.5 Å². The minimum atomic E-state index is 1.13. The lowest BCUT2D eigenvalue weighted by Gasteiger charge is -2.01. The van der Waals surface area contributed by atoms with Gasteiger partial charge in [0.25, 0.3) is 0 Å². The summed E-state index contributed by atoms with van der Waals surface area (Å²) in [6, 6.07) is 21.2. The van der Waals surface area contributed by atoms with Gasteiger partial charge in [-0.05, 0) is 31.0 Å². The summed E-state index contributed by atoms with van der Waals surface area (Å²) in [5, 5.41) is 0. The van der Waals surface area contributed by atoms with Crippen LogP contribution in [0.3, 0.4) is 0 Å². The van der Waals surface area contributed by atoms with Crippen molar-refractivity contribution in [1.82, 2.24) is 0 Å². The van der Waals surface area contributed by atoms with Crippen molar-refractivity contribution in [2.24, 2.45) is 5.73 Å². The third-order valence-corrected chi connectivity index (χ3v) is 2.39. The van der Waals surface area contributed by atoms with E-state index in [0.29, 0.717) is 0 Å². The molecule has 1 heteroatoms. The Morgan fingerprint density at radius 2 is 0.889 bits per heavy atom. The lowest BCUT2D eigenvalue weighted by Crippen LogP contribution is -1.89. The molecule has 2 N–H and O–H groups in total. The van der Waals surface area contributed by atoms with E-state index in [9.17, 15) is 0 Å². The third-order valence-electron chi connectivity index (χ3n) is 2.39. The van der Waals surface area contributed by atoms with Gasteiger partial charge in [-0.2, -0.15) is 0 Å². The summed E-state index contributed by atoms with van der Waals surface area (Å²) in [4.78, 5) is 0. The zero-order valence-corrected chi connectivity index (χ0v) is 11.8. The molecule has 1 nitrogen and oxygen atoms in total. The van der Waals surface area contributed by atoms with Crippen LogP contribution < -0.4 is 5.73 Å². The Labute approximate surface area is 112 Å². The van der Waals surface area contributed by atoms with Crippen molar-refractivity contribution in [3.8, 4) is 0 Å². The highest BCUT2D eigenvalue weighted by Gasteiger charge is 1.93. The Balaban J connectivity index is 0.000000659. The molecule has 0 saturated carbocycles. The highest BCUT2D eigenvalue weighted by molar-refractivity contribution is 5.19. The first-order valence-corrected chi connectivity index (χ1v) is 6.61. The molecular formula is C17H25N. The first-order chi connectivity index (χ1) is 8.95. The van der Waals surface area contributed by atoms with Crippen molar-refractivity contribution in [2.45, 2.75) is 26.7 Å². The number of hydrogen-bond acceptors (Lipinski definition) is 1. The van der Waals surface area contributed by atoms with Crippen LogP contribution in [0.1, 0.15) is 25.0 Å². The Kier molecular flexibility index (Phi) is 10.8. The van der Waals surface area contributed by atoms with Gasteiger partial charge in [0.2, 0.25) is 0 Å². The fourth-order valence-corrected chi connectivity index (χ4v) is 1.58. The van der Waals surface area contributed by atoms with Crippen LogP contribution in [0.25, 0.3) is 0 Å². The quantitative estimate of drug-likeness (QED) is 0.864. The predicted molar refractivity (Wildman–Crippen MR) is 81.8 cm³/mol. The molecule has 0 radical (unpaired) electrons. The van der Waals surface area contributed by atoms with Crippen molar-refractivity contribution in [3.63, 3.8) is 0 Å². The first-order valence-electron chi connectivity index (χ1n) is 6.61. The molecule has 0 aromatic heterocycles. The van der Waals surface area contributed by atoms with E-state index in [2.05, 4.69) is 66.4 Å². The molecule has 2 aromatic rings. The van der Waals surface area contributed by atoms with Crippen molar-refractivity contribution in [3.05, 3.63) is 71.8 Å². The summed E-state index contributed by atoms with van der Waals surface area (Å²) < 4.78 is 0. The molecule has 98 valence electrons. The van der Waals surface area contributed by atoms with Crippen LogP contribution in [0, 0.1) is 0 Å². The van der Waals surface area contributed by atoms with Gasteiger partial charge in [-0.25, -0.2) is 0 Å². The van der Waals surface area contributed by atoms with Gasteiger partial charge in [-0.3, -0.25) is 0 Å². The maximum atomic E-state index is 4.50. The monoisotopic (exact) mass is 243 g/mol. The number of benzene rings is 2. The molecular weight excluding hydrogens is 218 g/mol. The molecule has 0 fully saturated rings. The maximum absolute atomic E-state index is 4.50. The summed E-state index contributed by atoms with van der Waals surface area (Å²) in [6.45, 7) is 4.00. The molecule has 18 heavy (non-hydrogen) atoms. The Bertz CT molecular complexity index is 328. The van der Waals surface area contributed by atoms with E-state index in [1.807, 2.05) is 13.8 Å². The normalized spacial score (nSPS) is 8.44. The number of nitrogens with two attached hydrogens (primary N) is 1. The Morgan fingerprint density at radius 3 is 1.17 bits per heavy atom. The SMILES string of the molecule is CC.CN.c1ccc(CCc2ccccc2)cc1. The average molecular weight is 243 g/mol. The zero-order chi connectivity index (χ0) is 13.6. The van der Waals surface area contributed by atoms with Gasteiger partial charge < -0.3 is 5.73 Å². The number of hydrogen-bond donors (Lipinski definition) is 1. The highest BCUT2D eigenvalue weighted by atomic mass is 14.4. The van der Waals surface area contributed by atoms with E-state index in [1.54, 1.807) is 0 Å². The summed E-state index contributed by atoms with van der Waals surface area (Å²) in [7, 11) is 1.50. The van der Waals surface area contributed by atoms with Gasteiger partial charge >= 0.3 is 0 Å². The fraction of sp³-hybridized carbons (Fsp3) is 0.294. The predicted octanol–water partition coefficient (Wildman–Crippen LogP) is 4.07. The van der Waals surface area contributed by atoms with Crippen LogP contribution >= 0.6 is 0 Å². The number of aryl methyl sites for hydroxylation is 2. The molecule has 0 aliphatic rings. The second kappa shape index (κ2) is 11.9. The van der Waals surface area contributed by atoms with Crippen LogP contribution in [0.5, 0.6) is 0 Å². The minimum Gasteiger partial charge on any atom is -0.333 e. The maximum Gasteiger partial charge on any atom is -0.0195 e. The summed E-state index contributed by atoms with van der Waals surface area (Å²) in [5.41, 5.74) is 7.33. The van der Waals surface area contributed by atoms with E-state index in [1.165, 1.54) is 18.2 Å². The first kappa shape index (κ1) is 16.4. The van der Waals surface area contributed by atoms with Crippen LogP contribution in [-0.2, 0) is 12.8 Å². The summed E-state index contributed by atoms with van der Waals surface area (Å²) in [6.07, 6.45) is 2.26. The molecule has 0 aliphatic carbocycles. The summed E-state index contributed by atoms with van der Waals surface area (Å²) in [5.74, 6) is 0. The van der Waals surface area contributed by atoms with E-state index < -0.39 is 0 Å². The van der Waals surface area contributed by atoms with Crippen LogP contribution in [0.15, 0.2) is 60.7 Å². The molecule has 0 spiro atoms. The van der Waals surface area contributed by atoms with Gasteiger partial charge in [0.15, 0.2) is 0 Å². The molecule has 0 unspecified atom stereocenters. The van der Waals surface area contributed by atoms with E-state index in [4.69, 9.17) is 0 Å². The molecule has 0 heterocycles. The van der Waals surface area contributed by atoms with Crippen molar-refractivity contribution < 1.29 is 0 Å². The Morgan fingerprint density at radius 1 is 0.611 bits per heavy atom. The van der Waals surface area contributed by atoms with Crippen LogP contribution in [0.2, 0.25) is 0 Å². The topological polar surface area (TPSA) is 26.0 Å². The Hall–Kier alpha value is -1.60. The smallest absolute Gasteiger partial charge is 0.0195 e. The lowest BCUT2D eigenvalue weighted by atomic mass is 10.0. The highest BCUT2D eigenvalue weighted by Crippen LogP contribution is 2.06. The molecule has 0 atom stereocenters. The summed E-state index contributed by atoms with van der Waals surface area (Å²) >= 11 is 0. The third kappa shape index (κ3) is 6.87. The molecule has 2 rings (SSSR count). The van der Waals surface area contributed by atoms with Crippen LogP contribution in [0.4, 0.5) is 0 Å². The molecule has 0 saturated heterocycles. The molecule has 0 amide bonds. The van der Waals surface area contributed by atoms with Gasteiger partial charge in [-0.15, -0.1) is 0 Å². The van der Waals surface area contributed by atoms with E-state index in [-0.39, 0.29) is 0 Å². The van der Waals surface area contributed by atoms with Gasteiger partial charge in [0.05, 0.1) is 0 Å². The van der Waals surface area contributed by atoms with E-state index in [0.717, 1.165) is 12.8 Å². The standard InChI is InChI=1S/C14H14.C2H6.CH5N/c1-3-7-13(8-4-1)11-12-14-9-5-2-6-10-14;2*1-2/h1-10H,11-12H2;1-2H3;2H2,1H3. The fourth-order valence-electron chi connectivity index (χ4n) is 1.58. The largest absolute Gasteiger partial charge is 0.333 e. The molecule has 0 aliphatic heterocycles. The average Bonchev–Trinajstić information content (AvgIpc) is 2.51. The van der Waals surface area contributed by atoms with Gasteiger partial charge in [0.1, 0.15) is 0 Å². The molecule has 0 bridgehead atoms. The molecule has 2 aromatic carbocycles. The second-order valence-electron chi connectivity index (χ2n) is 3.47.